The topological polar surface area (TPSA) is 43.3 Å². The summed E-state index contributed by atoms with van der Waals surface area (Å²) in [6.45, 7) is 6.26. The van der Waals surface area contributed by atoms with Gasteiger partial charge in [-0.25, -0.2) is 4.98 Å². The molecule has 102 valence electrons. The number of imidazole rings is 1. The van der Waals surface area contributed by atoms with Crippen molar-refractivity contribution in [2.45, 2.75) is 20.8 Å². The molecule has 0 saturated carbocycles. The van der Waals surface area contributed by atoms with Crippen LogP contribution in [0.2, 0.25) is 0 Å². The first kappa shape index (κ1) is 13.2. The van der Waals surface area contributed by atoms with E-state index in [0.29, 0.717) is 5.82 Å². The van der Waals surface area contributed by atoms with Gasteiger partial charge in [-0.2, -0.15) is 0 Å². The van der Waals surface area contributed by atoms with Gasteiger partial charge in [0.05, 0.1) is 0 Å². The summed E-state index contributed by atoms with van der Waals surface area (Å²) in [6, 6.07) is 8.26. The van der Waals surface area contributed by atoms with E-state index in [-0.39, 0.29) is 0 Å². The zero-order valence-electron chi connectivity index (χ0n) is 11.7. The molecule has 2 heterocycles. The van der Waals surface area contributed by atoms with Crippen LogP contribution in [0.25, 0.3) is 16.9 Å². The molecular formula is C16H16BrN3. The molecule has 0 bridgehead atoms. The van der Waals surface area contributed by atoms with E-state index < -0.39 is 0 Å². The molecule has 0 radical (unpaired) electrons. The second-order valence-electron chi connectivity index (χ2n) is 5.13. The fraction of sp³-hybridized carbons (Fsp3) is 0.188. The lowest BCUT2D eigenvalue weighted by atomic mass is 10.0. The van der Waals surface area contributed by atoms with E-state index >= 15 is 0 Å². The largest absolute Gasteiger partial charge is 0.383 e. The minimum atomic E-state index is 0.675. The van der Waals surface area contributed by atoms with Gasteiger partial charge in [-0.05, 0) is 59.5 Å². The number of pyridine rings is 1. The first-order valence-corrected chi connectivity index (χ1v) is 7.28. The van der Waals surface area contributed by atoms with E-state index in [1.54, 1.807) is 0 Å². The maximum absolute atomic E-state index is 6.29. The quantitative estimate of drug-likeness (QED) is 0.724. The van der Waals surface area contributed by atoms with E-state index in [1.165, 1.54) is 11.1 Å². The summed E-state index contributed by atoms with van der Waals surface area (Å²) in [5, 5.41) is 0. The summed E-state index contributed by atoms with van der Waals surface area (Å²) in [4.78, 5) is 4.70. The zero-order chi connectivity index (χ0) is 14.4. The maximum Gasteiger partial charge on any atom is 0.139 e. The number of hydrogen-bond donors (Lipinski definition) is 1. The number of aryl methyl sites for hydroxylation is 2. The molecule has 0 amide bonds. The van der Waals surface area contributed by atoms with Crippen molar-refractivity contribution in [3.05, 3.63) is 51.6 Å². The van der Waals surface area contributed by atoms with Crippen LogP contribution >= 0.6 is 15.9 Å². The third-order valence-electron chi connectivity index (χ3n) is 3.80. The molecular weight excluding hydrogens is 314 g/mol. The molecule has 0 unspecified atom stereocenters. The molecule has 0 saturated heterocycles. The molecule has 20 heavy (non-hydrogen) atoms. The summed E-state index contributed by atoms with van der Waals surface area (Å²) >= 11 is 3.54. The summed E-state index contributed by atoms with van der Waals surface area (Å²) < 4.78 is 2.95. The van der Waals surface area contributed by atoms with Crippen molar-refractivity contribution in [3.8, 4) is 11.3 Å². The van der Waals surface area contributed by atoms with Gasteiger partial charge in [0.1, 0.15) is 17.2 Å². The Labute approximate surface area is 126 Å². The van der Waals surface area contributed by atoms with Crippen LogP contribution in [0.5, 0.6) is 0 Å². The average Bonchev–Trinajstić information content (AvgIpc) is 2.71. The van der Waals surface area contributed by atoms with Crippen molar-refractivity contribution < 1.29 is 0 Å². The highest BCUT2D eigenvalue weighted by molar-refractivity contribution is 9.10. The molecule has 0 aliphatic carbocycles. The molecule has 0 atom stereocenters. The molecule has 0 fully saturated rings. The third kappa shape index (κ3) is 1.91. The van der Waals surface area contributed by atoms with Gasteiger partial charge in [-0.3, -0.25) is 4.40 Å². The molecule has 2 N–H and O–H groups in total. The molecule has 0 aliphatic heterocycles. The molecule has 4 heteroatoms. The zero-order valence-corrected chi connectivity index (χ0v) is 13.3. The van der Waals surface area contributed by atoms with Crippen LogP contribution in [0.4, 0.5) is 5.82 Å². The number of hydrogen-bond acceptors (Lipinski definition) is 2. The number of nitrogens with two attached hydrogens (primary N) is 1. The van der Waals surface area contributed by atoms with Crippen molar-refractivity contribution in [1.82, 2.24) is 9.38 Å². The average molecular weight is 330 g/mol. The maximum atomic E-state index is 6.29. The lowest BCUT2D eigenvalue weighted by Crippen LogP contribution is -1.96. The molecule has 3 aromatic rings. The number of fused-ring (bicyclic) bond motifs is 1. The van der Waals surface area contributed by atoms with E-state index in [9.17, 15) is 0 Å². The highest BCUT2D eigenvalue weighted by atomic mass is 79.9. The normalized spacial score (nSPS) is 11.2. The second kappa shape index (κ2) is 4.63. The Morgan fingerprint density at radius 1 is 1.15 bits per heavy atom. The van der Waals surface area contributed by atoms with Gasteiger partial charge in [0.25, 0.3) is 0 Å². The van der Waals surface area contributed by atoms with Crippen LogP contribution in [0.15, 0.2) is 34.9 Å². The monoisotopic (exact) mass is 329 g/mol. The molecule has 2 aromatic heterocycles. The fourth-order valence-electron chi connectivity index (χ4n) is 2.38. The lowest BCUT2D eigenvalue weighted by Gasteiger charge is -2.06. The Kier molecular flexibility index (Phi) is 3.05. The predicted octanol–water partition coefficient (Wildman–Crippen LogP) is 4.27. The van der Waals surface area contributed by atoms with Crippen LogP contribution in [-0.2, 0) is 0 Å². The standard InChI is InChI=1S/C16H16BrN3/c1-9-5-4-6-12(11(9)3)15-16(18)20-8-13(17)10(2)7-14(20)19-15/h4-8H,18H2,1-3H3. The Bertz CT molecular complexity index is 818. The van der Waals surface area contributed by atoms with Crippen molar-refractivity contribution in [3.63, 3.8) is 0 Å². The van der Waals surface area contributed by atoms with Crippen molar-refractivity contribution in [2.75, 3.05) is 5.73 Å². The molecule has 0 spiro atoms. The van der Waals surface area contributed by atoms with Crippen LogP contribution in [0, 0.1) is 20.8 Å². The van der Waals surface area contributed by atoms with Crippen molar-refractivity contribution in [1.29, 1.82) is 0 Å². The van der Waals surface area contributed by atoms with Crippen molar-refractivity contribution >= 4 is 27.4 Å². The first-order valence-electron chi connectivity index (χ1n) is 6.49. The highest BCUT2D eigenvalue weighted by Gasteiger charge is 2.14. The van der Waals surface area contributed by atoms with Crippen molar-refractivity contribution in [2.24, 2.45) is 0 Å². The van der Waals surface area contributed by atoms with Crippen LogP contribution < -0.4 is 5.73 Å². The highest BCUT2D eigenvalue weighted by Crippen LogP contribution is 2.31. The summed E-state index contributed by atoms with van der Waals surface area (Å²) in [7, 11) is 0. The Morgan fingerprint density at radius 2 is 1.90 bits per heavy atom. The van der Waals surface area contributed by atoms with Crippen LogP contribution in [0.1, 0.15) is 16.7 Å². The summed E-state index contributed by atoms with van der Waals surface area (Å²) in [5.41, 5.74) is 12.7. The van der Waals surface area contributed by atoms with Gasteiger partial charge in [-0.15, -0.1) is 0 Å². The smallest absolute Gasteiger partial charge is 0.139 e. The molecule has 3 nitrogen and oxygen atoms in total. The van der Waals surface area contributed by atoms with E-state index in [0.717, 1.165) is 26.9 Å². The van der Waals surface area contributed by atoms with Crippen LogP contribution in [0.3, 0.4) is 0 Å². The fourth-order valence-corrected chi connectivity index (χ4v) is 2.70. The summed E-state index contributed by atoms with van der Waals surface area (Å²) in [5.74, 6) is 0.675. The van der Waals surface area contributed by atoms with Gasteiger partial charge in [0.2, 0.25) is 0 Å². The number of nitrogen functional groups attached to an aromatic ring is 1. The van der Waals surface area contributed by atoms with E-state index in [4.69, 9.17) is 10.7 Å². The number of halogens is 1. The molecule has 3 rings (SSSR count). The number of benzene rings is 1. The Hall–Kier alpha value is -1.81. The number of aromatic nitrogens is 2. The van der Waals surface area contributed by atoms with E-state index in [1.807, 2.05) is 29.7 Å². The Morgan fingerprint density at radius 3 is 2.65 bits per heavy atom. The van der Waals surface area contributed by atoms with Gasteiger partial charge < -0.3 is 5.73 Å². The second-order valence-corrected chi connectivity index (χ2v) is 5.98. The molecule has 0 aliphatic rings. The van der Waals surface area contributed by atoms with Gasteiger partial charge >= 0.3 is 0 Å². The van der Waals surface area contributed by atoms with Crippen LogP contribution in [-0.4, -0.2) is 9.38 Å². The number of nitrogens with zero attached hydrogens (tertiary/aromatic N) is 2. The third-order valence-corrected chi connectivity index (χ3v) is 4.63. The summed E-state index contributed by atoms with van der Waals surface area (Å²) in [6.07, 6.45) is 1.97. The lowest BCUT2D eigenvalue weighted by molar-refractivity contribution is 1.16. The SMILES string of the molecule is Cc1cc2nc(-c3cccc(C)c3C)c(N)n2cc1Br. The Balaban J connectivity index is 2.32. The number of anilines is 1. The first-order chi connectivity index (χ1) is 9.49. The molecule has 1 aromatic carbocycles. The predicted molar refractivity (Wildman–Crippen MR) is 87.0 cm³/mol. The minimum absolute atomic E-state index is 0.675. The minimum Gasteiger partial charge on any atom is -0.383 e. The van der Waals surface area contributed by atoms with Gasteiger partial charge in [0.15, 0.2) is 0 Å². The number of rotatable bonds is 1. The van der Waals surface area contributed by atoms with Gasteiger partial charge in [0, 0.05) is 16.2 Å². The van der Waals surface area contributed by atoms with Gasteiger partial charge in [-0.1, -0.05) is 18.2 Å². The van der Waals surface area contributed by atoms with E-state index in [2.05, 4.69) is 41.9 Å².